The molecule has 2 aliphatic rings. The first kappa shape index (κ1) is 18.5. The Morgan fingerprint density at radius 2 is 1.75 bits per heavy atom. The van der Waals surface area contributed by atoms with Crippen molar-refractivity contribution in [1.29, 1.82) is 0 Å². The molecule has 1 atom stereocenters. The molecule has 2 aromatic carbocycles. The topological polar surface area (TPSA) is 58.6 Å². The van der Waals surface area contributed by atoms with Crippen LogP contribution in [0.1, 0.15) is 41.2 Å². The standard InChI is InChI=1S/C23H26N2O3/c1-15-11-16(2)13-20(12-15)28-10-9-25-21(26)23(3,24-22(25)27)19-8-7-17-5-4-6-18(17)14-19/h7-8,11-14H,4-6,9-10H2,1-3H3,(H,24,27). The second-order valence-electron chi connectivity index (χ2n) is 8.02. The Labute approximate surface area is 165 Å². The molecule has 0 spiro atoms. The molecule has 1 fully saturated rings. The van der Waals surface area contributed by atoms with Gasteiger partial charge in [0.1, 0.15) is 17.9 Å². The molecule has 1 aliphatic carbocycles. The summed E-state index contributed by atoms with van der Waals surface area (Å²) in [5.74, 6) is 0.533. The minimum Gasteiger partial charge on any atom is -0.492 e. The highest BCUT2D eigenvalue weighted by Crippen LogP contribution is 2.32. The number of carbonyl (C=O) groups is 2. The van der Waals surface area contributed by atoms with Crippen LogP contribution in [0.5, 0.6) is 5.75 Å². The van der Waals surface area contributed by atoms with Crippen LogP contribution in [0.25, 0.3) is 0 Å². The number of hydrogen-bond acceptors (Lipinski definition) is 3. The number of nitrogens with zero attached hydrogens (tertiary/aromatic N) is 1. The van der Waals surface area contributed by atoms with Gasteiger partial charge in [0.25, 0.3) is 5.91 Å². The lowest BCUT2D eigenvalue weighted by Gasteiger charge is -2.23. The molecule has 1 unspecified atom stereocenters. The smallest absolute Gasteiger partial charge is 0.325 e. The van der Waals surface area contributed by atoms with Crippen LogP contribution in [0.3, 0.4) is 0 Å². The van der Waals surface area contributed by atoms with Gasteiger partial charge in [-0.1, -0.05) is 24.3 Å². The first-order valence-corrected chi connectivity index (χ1v) is 9.84. The van der Waals surface area contributed by atoms with Crippen LogP contribution in [-0.4, -0.2) is 30.0 Å². The van der Waals surface area contributed by atoms with Crippen molar-refractivity contribution in [3.8, 4) is 5.75 Å². The molecule has 0 saturated carbocycles. The number of carbonyl (C=O) groups excluding carboxylic acids is 2. The van der Waals surface area contributed by atoms with Gasteiger partial charge in [-0.25, -0.2) is 4.79 Å². The van der Waals surface area contributed by atoms with Crippen molar-refractivity contribution in [2.24, 2.45) is 0 Å². The fourth-order valence-corrected chi connectivity index (χ4v) is 4.25. The summed E-state index contributed by atoms with van der Waals surface area (Å²) in [5.41, 5.74) is 4.71. The summed E-state index contributed by atoms with van der Waals surface area (Å²) in [4.78, 5) is 26.8. The lowest BCUT2D eigenvalue weighted by molar-refractivity contribution is -0.131. The van der Waals surface area contributed by atoms with Crippen LogP contribution in [0.2, 0.25) is 0 Å². The molecule has 0 radical (unpaired) electrons. The molecule has 0 bridgehead atoms. The zero-order chi connectivity index (χ0) is 19.9. The predicted octanol–water partition coefficient (Wildman–Crippen LogP) is 3.64. The van der Waals surface area contributed by atoms with Crippen LogP contribution in [0.15, 0.2) is 36.4 Å². The summed E-state index contributed by atoms with van der Waals surface area (Å²) in [6, 6.07) is 11.8. The Bertz CT molecular complexity index is 933. The fraction of sp³-hybridized carbons (Fsp3) is 0.391. The average molecular weight is 378 g/mol. The lowest BCUT2D eigenvalue weighted by atomic mass is 9.90. The summed E-state index contributed by atoms with van der Waals surface area (Å²) in [5, 5.41) is 2.89. The van der Waals surface area contributed by atoms with E-state index in [0.29, 0.717) is 0 Å². The molecule has 5 nitrogen and oxygen atoms in total. The summed E-state index contributed by atoms with van der Waals surface area (Å²) in [6.07, 6.45) is 3.28. The van der Waals surface area contributed by atoms with Gasteiger partial charge in [-0.05, 0) is 80.0 Å². The molecule has 146 valence electrons. The van der Waals surface area contributed by atoms with E-state index in [4.69, 9.17) is 4.74 Å². The van der Waals surface area contributed by atoms with E-state index in [2.05, 4.69) is 23.5 Å². The highest BCUT2D eigenvalue weighted by atomic mass is 16.5. The number of amides is 3. The van der Waals surface area contributed by atoms with Gasteiger partial charge in [0.2, 0.25) is 0 Å². The van der Waals surface area contributed by atoms with Crippen molar-refractivity contribution in [2.75, 3.05) is 13.2 Å². The molecule has 1 aliphatic heterocycles. The van der Waals surface area contributed by atoms with Crippen molar-refractivity contribution in [3.05, 3.63) is 64.2 Å². The van der Waals surface area contributed by atoms with Gasteiger partial charge in [0, 0.05) is 0 Å². The minimum atomic E-state index is -1.02. The molecular weight excluding hydrogens is 352 g/mol. The first-order valence-electron chi connectivity index (χ1n) is 9.84. The number of rotatable bonds is 5. The number of benzene rings is 2. The van der Waals surface area contributed by atoms with Crippen LogP contribution >= 0.6 is 0 Å². The zero-order valence-electron chi connectivity index (χ0n) is 16.7. The molecule has 1 saturated heterocycles. The quantitative estimate of drug-likeness (QED) is 0.808. The highest BCUT2D eigenvalue weighted by Gasteiger charge is 2.49. The molecule has 0 aromatic heterocycles. The van der Waals surface area contributed by atoms with Gasteiger partial charge in [-0.3, -0.25) is 9.69 Å². The van der Waals surface area contributed by atoms with E-state index in [1.165, 1.54) is 16.0 Å². The normalized spacial score (nSPS) is 21.0. The number of ether oxygens (including phenoxy) is 1. The van der Waals surface area contributed by atoms with E-state index < -0.39 is 5.54 Å². The third-order valence-electron chi connectivity index (χ3n) is 5.73. The number of hydrogen-bond donors (Lipinski definition) is 1. The van der Waals surface area contributed by atoms with E-state index in [9.17, 15) is 9.59 Å². The Morgan fingerprint density at radius 3 is 2.50 bits per heavy atom. The Kier molecular flexibility index (Phi) is 4.61. The van der Waals surface area contributed by atoms with Gasteiger partial charge in [0.05, 0.1) is 6.54 Å². The maximum absolute atomic E-state index is 13.1. The maximum Gasteiger partial charge on any atom is 0.325 e. The van der Waals surface area contributed by atoms with Gasteiger partial charge < -0.3 is 10.1 Å². The summed E-state index contributed by atoms with van der Waals surface area (Å²) < 4.78 is 5.79. The monoisotopic (exact) mass is 378 g/mol. The summed E-state index contributed by atoms with van der Waals surface area (Å²) >= 11 is 0. The van der Waals surface area contributed by atoms with Crippen LogP contribution in [0, 0.1) is 13.8 Å². The van der Waals surface area contributed by atoms with Crippen LogP contribution in [0.4, 0.5) is 4.79 Å². The van der Waals surface area contributed by atoms with E-state index in [1.54, 1.807) is 6.92 Å². The van der Waals surface area contributed by atoms with Crippen molar-refractivity contribution in [2.45, 2.75) is 45.6 Å². The molecule has 1 N–H and O–H groups in total. The summed E-state index contributed by atoms with van der Waals surface area (Å²) in [7, 11) is 0. The number of aryl methyl sites for hydroxylation is 4. The van der Waals surface area contributed by atoms with E-state index in [1.807, 2.05) is 32.0 Å². The third kappa shape index (κ3) is 3.26. The molecule has 1 heterocycles. The maximum atomic E-state index is 13.1. The van der Waals surface area contributed by atoms with Gasteiger partial charge in [-0.15, -0.1) is 0 Å². The molecular formula is C23H26N2O3. The largest absolute Gasteiger partial charge is 0.492 e. The molecule has 4 rings (SSSR count). The Balaban J connectivity index is 1.46. The van der Waals surface area contributed by atoms with E-state index >= 15 is 0 Å². The number of imide groups is 1. The van der Waals surface area contributed by atoms with E-state index in [0.717, 1.165) is 41.7 Å². The second kappa shape index (κ2) is 6.97. The fourth-order valence-electron chi connectivity index (χ4n) is 4.25. The molecule has 28 heavy (non-hydrogen) atoms. The Morgan fingerprint density at radius 1 is 1.04 bits per heavy atom. The van der Waals surface area contributed by atoms with Gasteiger partial charge >= 0.3 is 6.03 Å². The molecule has 2 aromatic rings. The zero-order valence-corrected chi connectivity index (χ0v) is 16.7. The van der Waals surface area contributed by atoms with Gasteiger partial charge in [0.15, 0.2) is 0 Å². The number of nitrogens with one attached hydrogen (secondary N) is 1. The average Bonchev–Trinajstić information content (AvgIpc) is 3.19. The highest BCUT2D eigenvalue weighted by molar-refractivity contribution is 6.07. The van der Waals surface area contributed by atoms with Crippen molar-refractivity contribution in [1.82, 2.24) is 10.2 Å². The predicted molar refractivity (Wildman–Crippen MR) is 107 cm³/mol. The van der Waals surface area contributed by atoms with Crippen molar-refractivity contribution >= 4 is 11.9 Å². The van der Waals surface area contributed by atoms with E-state index in [-0.39, 0.29) is 25.1 Å². The van der Waals surface area contributed by atoms with Crippen molar-refractivity contribution < 1.29 is 14.3 Å². The summed E-state index contributed by atoms with van der Waals surface area (Å²) in [6.45, 7) is 6.30. The second-order valence-corrected chi connectivity index (χ2v) is 8.02. The van der Waals surface area contributed by atoms with Crippen LogP contribution < -0.4 is 10.1 Å². The first-order chi connectivity index (χ1) is 13.4. The number of fused-ring (bicyclic) bond motifs is 1. The van der Waals surface area contributed by atoms with Crippen LogP contribution in [-0.2, 0) is 23.2 Å². The molecule has 5 heteroatoms. The lowest BCUT2D eigenvalue weighted by Crippen LogP contribution is -2.41. The molecule has 3 amide bonds. The SMILES string of the molecule is Cc1cc(C)cc(OCCN2C(=O)NC(C)(c3ccc4c(c3)CCC4)C2=O)c1. The van der Waals surface area contributed by atoms with Gasteiger partial charge in [-0.2, -0.15) is 0 Å². The Hall–Kier alpha value is -2.82. The minimum absolute atomic E-state index is 0.220. The van der Waals surface area contributed by atoms with Crippen molar-refractivity contribution in [3.63, 3.8) is 0 Å². The number of urea groups is 1. The third-order valence-corrected chi connectivity index (χ3v) is 5.73.